The summed E-state index contributed by atoms with van der Waals surface area (Å²) in [6.45, 7) is 0. The second-order valence-corrected chi connectivity index (χ2v) is 4.44. The SMILES string of the molecule is c1ccc2cc(C3CCCC3)ncc2c1. The highest BCUT2D eigenvalue weighted by Crippen LogP contribution is 2.33. The number of hydrogen-bond donors (Lipinski definition) is 0. The van der Waals surface area contributed by atoms with E-state index in [2.05, 4.69) is 35.3 Å². The average Bonchev–Trinajstić information content (AvgIpc) is 2.82. The normalized spacial score (nSPS) is 17.3. The fourth-order valence-corrected chi connectivity index (χ4v) is 2.55. The molecule has 0 N–H and O–H groups in total. The van der Waals surface area contributed by atoms with Crippen LogP contribution in [0.25, 0.3) is 10.8 Å². The van der Waals surface area contributed by atoms with Crippen molar-refractivity contribution >= 4 is 10.8 Å². The van der Waals surface area contributed by atoms with Gasteiger partial charge in [0.1, 0.15) is 0 Å². The van der Waals surface area contributed by atoms with E-state index < -0.39 is 0 Å². The van der Waals surface area contributed by atoms with Crippen molar-refractivity contribution in [1.29, 1.82) is 0 Å². The second kappa shape index (κ2) is 3.65. The quantitative estimate of drug-likeness (QED) is 0.675. The van der Waals surface area contributed by atoms with Crippen LogP contribution in [-0.4, -0.2) is 4.98 Å². The Morgan fingerprint density at radius 3 is 2.53 bits per heavy atom. The topological polar surface area (TPSA) is 12.9 Å². The Balaban J connectivity index is 2.05. The molecule has 0 unspecified atom stereocenters. The monoisotopic (exact) mass is 197 g/mol. The zero-order chi connectivity index (χ0) is 10.1. The minimum atomic E-state index is 0.717. The lowest BCUT2D eigenvalue weighted by Crippen LogP contribution is -1.95. The van der Waals surface area contributed by atoms with Crippen LogP contribution in [0.2, 0.25) is 0 Å². The standard InChI is InChI=1S/C14H15N/c1-2-6-11(5-1)14-9-12-7-3-4-8-13(12)10-15-14/h3-4,7-11H,1-2,5-6H2. The smallest absolute Gasteiger partial charge is 0.0440 e. The molecule has 1 aliphatic rings. The van der Waals surface area contributed by atoms with E-state index >= 15 is 0 Å². The van der Waals surface area contributed by atoms with Crippen LogP contribution in [0, 0.1) is 0 Å². The summed E-state index contributed by atoms with van der Waals surface area (Å²) >= 11 is 0. The molecule has 1 heteroatoms. The molecule has 0 aliphatic heterocycles. The maximum Gasteiger partial charge on any atom is 0.0440 e. The number of nitrogens with zero attached hydrogens (tertiary/aromatic N) is 1. The molecule has 1 aliphatic carbocycles. The van der Waals surface area contributed by atoms with E-state index in [-0.39, 0.29) is 0 Å². The van der Waals surface area contributed by atoms with Gasteiger partial charge in [0, 0.05) is 23.2 Å². The van der Waals surface area contributed by atoms with Gasteiger partial charge in [0.15, 0.2) is 0 Å². The van der Waals surface area contributed by atoms with Crippen molar-refractivity contribution in [2.45, 2.75) is 31.6 Å². The molecule has 3 rings (SSSR count). The van der Waals surface area contributed by atoms with E-state index in [0.717, 1.165) is 5.92 Å². The Morgan fingerprint density at radius 1 is 1.00 bits per heavy atom. The summed E-state index contributed by atoms with van der Waals surface area (Å²) in [4.78, 5) is 4.59. The van der Waals surface area contributed by atoms with Crippen molar-refractivity contribution in [3.05, 3.63) is 42.2 Å². The van der Waals surface area contributed by atoms with Gasteiger partial charge in [0.2, 0.25) is 0 Å². The zero-order valence-electron chi connectivity index (χ0n) is 8.82. The first kappa shape index (κ1) is 8.90. The number of rotatable bonds is 1. The van der Waals surface area contributed by atoms with Crippen LogP contribution >= 0.6 is 0 Å². The van der Waals surface area contributed by atoms with Crippen LogP contribution < -0.4 is 0 Å². The Hall–Kier alpha value is -1.37. The Morgan fingerprint density at radius 2 is 1.73 bits per heavy atom. The molecule has 0 atom stereocenters. The number of pyridine rings is 1. The predicted octanol–water partition coefficient (Wildman–Crippen LogP) is 3.89. The molecule has 1 heterocycles. The first-order valence-electron chi connectivity index (χ1n) is 5.78. The highest BCUT2D eigenvalue weighted by molar-refractivity contribution is 5.81. The van der Waals surface area contributed by atoms with Gasteiger partial charge in [-0.2, -0.15) is 0 Å². The van der Waals surface area contributed by atoms with Crippen molar-refractivity contribution in [1.82, 2.24) is 4.98 Å². The van der Waals surface area contributed by atoms with Gasteiger partial charge >= 0.3 is 0 Å². The molecule has 0 bridgehead atoms. The lowest BCUT2D eigenvalue weighted by atomic mass is 10.0. The minimum absolute atomic E-state index is 0.717. The van der Waals surface area contributed by atoms with Gasteiger partial charge in [0.25, 0.3) is 0 Å². The van der Waals surface area contributed by atoms with Crippen molar-refractivity contribution < 1.29 is 0 Å². The first-order valence-corrected chi connectivity index (χ1v) is 5.78. The lowest BCUT2D eigenvalue weighted by Gasteiger charge is -2.08. The van der Waals surface area contributed by atoms with E-state index in [1.807, 2.05) is 6.20 Å². The van der Waals surface area contributed by atoms with Gasteiger partial charge in [-0.3, -0.25) is 4.98 Å². The Kier molecular flexibility index (Phi) is 2.17. The molecule has 1 fully saturated rings. The first-order chi connectivity index (χ1) is 7.43. The highest BCUT2D eigenvalue weighted by Gasteiger charge is 2.18. The summed E-state index contributed by atoms with van der Waals surface area (Å²) in [7, 11) is 0. The maximum absolute atomic E-state index is 4.59. The van der Waals surface area contributed by atoms with E-state index in [4.69, 9.17) is 0 Å². The van der Waals surface area contributed by atoms with E-state index in [0.29, 0.717) is 0 Å². The van der Waals surface area contributed by atoms with E-state index in [1.54, 1.807) is 0 Å². The zero-order valence-corrected chi connectivity index (χ0v) is 8.82. The number of fused-ring (bicyclic) bond motifs is 1. The van der Waals surface area contributed by atoms with Crippen LogP contribution in [-0.2, 0) is 0 Å². The summed E-state index contributed by atoms with van der Waals surface area (Å²) in [5, 5.41) is 2.58. The number of aromatic nitrogens is 1. The molecule has 1 aromatic heterocycles. The van der Waals surface area contributed by atoms with Gasteiger partial charge in [-0.05, 0) is 24.3 Å². The van der Waals surface area contributed by atoms with Crippen molar-refractivity contribution in [2.24, 2.45) is 0 Å². The third-order valence-electron chi connectivity index (χ3n) is 3.43. The Bertz CT molecular complexity index is 469. The summed E-state index contributed by atoms with van der Waals surface area (Å²) in [6, 6.07) is 10.7. The van der Waals surface area contributed by atoms with Gasteiger partial charge < -0.3 is 0 Å². The Labute approximate surface area is 90.2 Å². The molecule has 0 radical (unpaired) electrons. The molecule has 1 saturated carbocycles. The molecule has 1 aromatic carbocycles. The van der Waals surface area contributed by atoms with Crippen LogP contribution in [0.15, 0.2) is 36.5 Å². The maximum atomic E-state index is 4.59. The summed E-state index contributed by atoms with van der Waals surface area (Å²) in [5.74, 6) is 0.717. The molecule has 15 heavy (non-hydrogen) atoms. The predicted molar refractivity (Wildman–Crippen MR) is 63.0 cm³/mol. The molecule has 0 amide bonds. The highest BCUT2D eigenvalue weighted by atomic mass is 14.7. The molecule has 1 nitrogen and oxygen atoms in total. The third-order valence-corrected chi connectivity index (χ3v) is 3.43. The van der Waals surface area contributed by atoms with Gasteiger partial charge in [0.05, 0.1) is 0 Å². The largest absolute Gasteiger partial charge is 0.260 e. The van der Waals surface area contributed by atoms with Crippen LogP contribution in [0.3, 0.4) is 0 Å². The molecule has 2 aromatic rings. The summed E-state index contributed by atoms with van der Waals surface area (Å²) in [6.07, 6.45) is 7.41. The minimum Gasteiger partial charge on any atom is -0.260 e. The molecule has 0 saturated heterocycles. The van der Waals surface area contributed by atoms with Crippen molar-refractivity contribution in [2.75, 3.05) is 0 Å². The van der Waals surface area contributed by atoms with Gasteiger partial charge in [-0.25, -0.2) is 0 Å². The number of benzene rings is 1. The lowest BCUT2D eigenvalue weighted by molar-refractivity contribution is 0.699. The molecular weight excluding hydrogens is 182 g/mol. The van der Waals surface area contributed by atoms with E-state index in [1.165, 1.54) is 42.1 Å². The molecular formula is C14H15N. The van der Waals surface area contributed by atoms with Crippen LogP contribution in [0.1, 0.15) is 37.3 Å². The van der Waals surface area contributed by atoms with Crippen molar-refractivity contribution in [3.63, 3.8) is 0 Å². The fraction of sp³-hybridized carbons (Fsp3) is 0.357. The molecule has 0 spiro atoms. The molecule has 76 valence electrons. The van der Waals surface area contributed by atoms with Gasteiger partial charge in [-0.15, -0.1) is 0 Å². The fourth-order valence-electron chi connectivity index (χ4n) is 2.55. The van der Waals surface area contributed by atoms with E-state index in [9.17, 15) is 0 Å². The summed E-state index contributed by atoms with van der Waals surface area (Å²) in [5.41, 5.74) is 1.30. The number of hydrogen-bond acceptors (Lipinski definition) is 1. The van der Waals surface area contributed by atoms with Crippen molar-refractivity contribution in [3.8, 4) is 0 Å². The van der Waals surface area contributed by atoms with Crippen LogP contribution in [0.4, 0.5) is 0 Å². The third kappa shape index (κ3) is 1.63. The second-order valence-electron chi connectivity index (χ2n) is 4.44. The summed E-state index contributed by atoms with van der Waals surface area (Å²) < 4.78 is 0. The van der Waals surface area contributed by atoms with Crippen LogP contribution in [0.5, 0.6) is 0 Å². The van der Waals surface area contributed by atoms with Gasteiger partial charge in [-0.1, -0.05) is 37.1 Å². The average molecular weight is 197 g/mol.